The van der Waals surface area contributed by atoms with Crippen LogP contribution in [0.3, 0.4) is 0 Å². The van der Waals surface area contributed by atoms with Gasteiger partial charge in [0.05, 0.1) is 13.2 Å². The Balaban J connectivity index is 2.09. The van der Waals surface area contributed by atoms with E-state index < -0.39 is 6.04 Å². The minimum absolute atomic E-state index is 0.0459. The zero-order valence-electron chi connectivity index (χ0n) is 9.30. The maximum Gasteiger partial charge on any atom is 0.248 e. The Morgan fingerprint density at radius 1 is 1.29 bits per heavy atom. The van der Waals surface area contributed by atoms with Crippen molar-refractivity contribution in [3.05, 3.63) is 35.9 Å². The van der Waals surface area contributed by atoms with Gasteiger partial charge in [-0.15, -0.1) is 0 Å². The summed E-state index contributed by atoms with van der Waals surface area (Å²) in [5, 5.41) is 11.5. The zero-order valence-corrected chi connectivity index (χ0v) is 9.30. The van der Waals surface area contributed by atoms with E-state index in [-0.39, 0.29) is 25.0 Å². The fourth-order valence-corrected chi connectivity index (χ4v) is 1.83. The standard InChI is InChI=1S/C12H14N2O3/c15-8-10-12(17)14(7-11(16)13-10)6-9-4-2-1-3-5-9/h1-5,10,15H,6-8H2,(H,13,16)/t10-/m1/s1. The second-order valence-corrected chi connectivity index (χ2v) is 3.98. The lowest BCUT2D eigenvalue weighted by Crippen LogP contribution is -2.58. The number of carbonyl (C=O) groups excluding carboxylic acids is 2. The quantitative estimate of drug-likeness (QED) is 0.741. The molecule has 5 nitrogen and oxygen atoms in total. The molecule has 2 amide bonds. The maximum atomic E-state index is 11.9. The Hall–Kier alpha value is -1.88. The van der Waals surface area contributed by atoms with Crippen LogP contribution < -0.4 is 5.32 Å². The van der Waals surface area contributed by atoms with Crippen LogP contribution in [0.25, 0.3) is 0 Å². The van der Waals surface area contributed by atoms with Crippen molar-refractivity contribution in [3.8, 4) is 0 Å². The van der Waals surface area contributed by atoms with Crippen LogP contribution in [0.5, 0.6) is 0 Å². The van der Waals surface area contributed by atoms with E-state index in [1.807, 2.05) is 30.3 Å². The molecular weight excluding hydrogens is 220 g/mol. The molecule has 90 valence electrons. The molecule has 5 heteroatoms. The molecule has 1 saturated heterocycles. The fourth-order valence-electron chi connectivity index (χ4n) is 1.83. The van der Waals surface area contributed by atoms with Crippen molar-refractivity contribution in [2.45, 2.75) is 12.6 Å². The normalized spacial score (nSPS) is 20.3. The highest BCUT2D eigenvalue weighted by atomic mass is 16.3. The lowest BCUT2D eigenvalue weighted by atomic mass is 10.1. The summed E-state index contributed by atoms with van der Waals surface area (Å²) in [5.74, 6) is -0.476. The molecule has 0 radical (unpaired) electrons. The number of carbonyl (C=O) groups is 2. The highest BCUT2D eigenvalue weighted by Gasteiger charge is 2.31. The number of aliphatic hydroxyl groups excluding tert-OH is 1. The van der Waals surface area contributed by atoms with E-state index in [4.69, 9.17) is 5.11 Å². The Morgan fingerprint density at radius 2 is 2.00 bits per heavy atom. The van der Waals surface area contributed by atoms with Crippen LogP contribution in [0.2, 0.25) is 0 Å². The number of aliphatic hydroxyl groups is 1. The first-order valence-corrected chi connectivity index (χ1v) is 5.43. The number of nitrogens with zero attached hydrogens (tertiary/aromatic N) is 1. The predicted molar refractivity (Wildman–Crippen MR) is 60.9 cm³/mol. The number of hydrogen-bond donors (Lipinski definition) is 2. The van der Waals surface area contributed by atoms with Gasteiger partial charge in [0.1, 0.15) is 6.04 Å². The zero-order chi connectivity index (χ0) is 12.3. The molecule has 0 spiro atoms. The number of piperazine rings is 1. The molecule has 1 atom stereocenters. The van der Waals surface area contributed by atoms with E-state index in [2.05, 4.69) is 5.32 Å². The minimum atomic E-state index is -0.806. The number of hydrogen-bond acceptors (Lipinski definition) is 3. The average Bonchev–Trinajstić information content (AvgIpc) is 2.34. The maximum absolute atomic E-state index is 11.9. The summed E-state index contributed by atoms with van der Waals surface area (Å²) in [7, 11) is 0. The molecule has 1 aliphatic heterocycles. The number of amides is 2. The number of nitrogens with one attached hydrogen (secondary N) is 1. The van der Waals surface area contributed by atoms with Crippen molar-refractivity contribution in [2.75, 3.05) is 13.2 Å². The average molecular weight is 234 g/mol. The molecule has 1 aromatic carbocycles. The molecule has 0 bridgehead atoms. The van der Waals surface area contributed by atoms with Gasteiger partial charge in [0, 0.05) is 6.54 Å². The van der Waals surface area contributed by atoms with Crippen molar-refractivity contribution in [1.29, 1.82) is 0 Å². The third-order valence-electron chi connectivity index (χ3n) is 2.68. The van der Waals surface area contributed by atoms with E-state index >= 15 is 0 Å². The van der Waals surface area contributed by atoms with Crippen LogP contribution in [-0.4, -0.2) is 41.0 Å². The van der Waals surface area contributed by atoms with Gasteiger partial charge in [0.15, 0.2) is 0 Å². The number of benzene rings is 1. The van der Waals surface area contributed by atoms with E-state index in [9.17, 15) is 9.59 Å². The summed E-state index contributed by atoms with van der Waals surface area (Å²) in [6, 6.07) is 8.65. The summed E-state index contributed by atoms with van der Waals surface area (Å²) < 4.78 is 0. The summed E-state index contributed by atoms with van der Waals surface area (Å²) in [4.78, 5) is 24.7. The minimum Gasteiger partial charge on any atom is -0.394 e. The molecule has 17 heavy (non-hydrogen) atoms. The van der Waals surface area contributed by atoms with Gasteiger partial charge in [-0.2, -0.15) is 0 Å². The van der Waals surface area contributed by atoms with Gasteiger partial charge in [0.2, 0.25) is 11.8 Å². The van der Waals surface area contributed by atoms with Gasteiger partial charge >= 0.3 is 0 Å². The molecule has 2 rings (SSSR count). The van der Waals surface area contributed by atoms with Crippen molar-refractivity contribution >= 4 is 11.8 Å². The molecule has 2 N–H and O–H groups in total. The van der Waals surface area contributed by atoms with E-state index in [1.54, 1.807) is 0 Å². The Kier molecular flexibility index (Phi) is 3.39. The predicted octanol–water partition coefficient (Wildman–Crippen LogP) is -0.494. The van der Waals surface area contributed by atoms with Gasteiger partial charge in [-0.05, 0) is 5.56 Å². The molecule has 1 aromatic rings. The lowest BCUT2D eigenvalue weighted by molar-refractivity contribution is -0.145. The Labute approximate surface area is 99.0 Å². The molecule has 0 aromatic heterocycles. The summed E-state index contributed by atoms with van der Waals surface area (Å²) in [5.41, 5.74) is 0.965. The van der Waals surface area contributed by atoms with Crippen molar-refractivity contribution in [3.63, 3.8) is 0 Å². The van der Waals surface area contributed by atoms with Gasteiger partial charge < -0.3 is 15.3 Å². The molecule has 0 aliphatic carbocycles. The molecule has 0 unspecified atom stereocenters. The first kappa shape index (κ1) is 11.6. The molecule has 1 heterocycles. The van der Waals surface area contributed by atoms with E-state index in [1.165, 1.54) is 4.90 Å². The van der Waals surface area contributed by atoms with E-state index in [0.717, 1.165) is 5.56 Å². The Morgan fingerprint density at radius 3 is 2.65 bits per heavy atom. The first-order valence-electron chi connectivity index (χ1n) is 5.43. The fraction of sp³-hybridized carbons (Fsp3) is 0.333. The second-order valence-electron chi connectivity index (χ2n) is 3.98. The molecular formula is C12H14N2O3. The third-order valence-corrected chi connectivity index (χ3v) is 2.68. The first-order chi connectivity index (χ1) is 8.20. The highest BCUT2D eigenvalue weighted by molar-refractivity contribution is 5.94. The van der Waals surface area contributed by atoms with Crippen molar-refractivity contribution < 1.29 is 14.7 Å². The largest absolute Gasteiger partial charge is 0.394 e. The van der Waals surface area contributed by atoms with Crippen LogP contribution in [0.1, 0.15) is 5.56 Å². The molecule has 0 saturated carbocycles. The van der Waals surface area contributed by atoms with Gasteiger partial charge in [-0.25, -0.2) is 0 Å². The van der Waals surface area contributed by atoms with E-state index in [0.29, 0.717) is 6.54 Å². The van der Waals surface area contributed by atoms with Crippen LogP contribution in [0.15, 0.2) is 30.3 Å². The van der Waals surface area contributed by atoms with Crippen LogP contribution >= 0.6 is 0 Å². The highest BCUT2D eigenvalue weighted by Crippen LogP contribution is 2.09. The Bertz CT molecular complexity index is 419. The van der Waals surface area contributed by atoms with Gasteiger partial charge in [-0.1, -0.05) is 30.3 Å². The van der Waals surface area contributed by atoms with Crippen molar-refractivity contribution in [2.24, 2.45) is 0 Å². The lowest BCUT2D eigenvalue weighted by Gasteiger charge is -2.31. The SMILES string of the molecule is O=C1CN(Cc2ccccc2)C(=O)[C@@H](CO)N1. The molecule has 1 fully saturated rings. The summed E-state index contributed by atoms with van der Waals surface area (Å²) >= 11 is 0. The van der Waals surface area contributed by atoms with Crippen LogP contribution in [0, 0.1) is 0 Å². The summed E-state index contributed by atoms with van der Waals surface area (Å²) in [6.45, 7) is 0.0731. The van der Waals surface area contributed by atoms with Crippen LogP contribution in [0.4, 0.5) is 0 Å². The molecule has 1 aliphatic rings. The number of rotatable bonds is 3. The summed E-state index contributed by atoms with van der Waals surface area (Å²) in [6.07, 6.45) is 0. The van der Waals surface area contributed by atoms with Gasteiger partial charge in [0.25, 0.3) is 0 Å². The van der Waals surface area contributed by atoms with Crippen molar-refractivity contribution in [1.82, 2.24) is 10.2 Å². The topological polar surface area (TPSA) is 69.6 Å². The van der Waals surface area contributed by atoms with Crippen LogP contribution in [-0.2, 0) is 16.1 Å². The monoisotopic (exact) mass is 234 g/mol. The van der Waals surface area contributed by atoms with Gasteiger partial charge in [-0.3, -0.25) is 9.59 Å². The smallest absolute Gasteiger partial charge is 0.248 e. The third kappa shape index (κ3) is 2.62. The second kappa shape index (κ2) is 4.97.